The Kier molecular flexibility index (Phi) is 4.52. The van der Waals surface area contributed by atoms with Gasteiger partial charge < -0.3 is 10.3 Å². The lowest BCUT2D eigenvalue weighted by Gasteiger charge is -2.11. The zero-order valence-corrected chi connectivity index (χ0v) is 15.0. The van der Waals surface area contributed by atoms with Crippen LogP contribution in [0.15, 0.2) is 58.4 Å². The van der Waals surface area contributed by atoms with E-state index in [2.05, 4.69) is 15.0 Å². The highest BCUT2D eigenvalue weighted by atomic mass is 32.2. The number of para-hydroxylation sites is 1. The van der Waals surface area contributed by atoms with Crippen LogP contribution in [-0.2, 0) is 10.0 Å². The van der Waals surface area contributed by atoms with Gasteiger partial charge in [-0.25, -0.2) is 8.42 Å². The molecule has 0 aliphatic rings. The Morgan fingerprint density at radius 2 is 1.85 bits per heavy atom. The standard InChI is InChI=1S/C18H17N3O4S/c1-11-5-3-4-6-15(11)21-26(24,25)12-7-8-16-13(9-12)17(22)14(10-20-16)18(23)19-2/h3-10,21H,1-2H3,(H,19,23)(H,20,22). The fraction of sp³-hybridized carbons (Fsp3) is 0.111. The van der Waals surface area contributed by atoms with Crippen LogP contribution in [0.3, 0.4) is 0 Å². The van der Waals surface area contributed by atoms with Crippen molar-refractivity contribution in [2.75, 3.05) is 11.8 Å². The number of amides is 1. The van der Waals surface area contributed by atoms with E-state index < -0.39 is 21.4 Å². The van der Waals surface area contributed by atoms with Crippen LogP contribution in [0.2, 0.25) is 0 Å². The Morgan fingerprint density at radius 1 is 1.12 bits per heavy atom. The van der Waals surface area contributed by atoms with Gasteiger partial charge in [-0.1, -0.05) is 18.2 Å². The van der Waals surface area contributed by atoms with Crippen molar-refractivity contribution in [1.29, 1.82) is 0 Å². The van der Waals surface area contributed by atoms with Gasteiger partial charge in [0.25, 0.3) is 15.9 Å². The zero-order valence-electron chi connectivity index (χ0n) is 14.2. The summed E-state index contributed by atoms with van der Waals surface area (Å²) in [6.45, 7) is 1.79. The van der Waals surface area contributed by atoms with Gasteiger partial charge in [0.2, 0.25) is 5.43 Å². The van der Waals surface area contributed by atoms with Crippen LogP contribution in [0, 0.1) is 6.92 Å². The number of hydrogen-bond acceptors (Lipinski definition) is 4. The molecule has 26 heavy (non-hydrogen) atoms. The first-order chi connectivity index (χ1) is 12.3. The van der Waals surface area contributed by atoms with Crippen LogP contribution in [0.1, 0.15) is 15.9 Å². The molecule has 3 N–H and O–H groups in total. The predicted molar refractivity (Wildman–Crippen MR) is 99.9 cm³/mol. The molecule has 7 nitrogen and oxygen atoms in total. The molecule has 1 heterocycles. The fourth-order valence-electron chi connectivity index (χ4n) is 2.56. The number of H-pyrrole nitrogens is 1. The van der Waals surface area contributed by atoms with Gasteiger partial charge in [0.1, 0.15) is 5.56 Å². The molecule has 0 bridgehead atoms. The maximum atomic E-state index is 12.7. The summed E-state index contributed by atoms with van der Waals surface area (Å²) in [4.78, 5) is 27.1. The van der Waals surface area contributed by atoms with Crippen molar-refractivity contribution in [2.24, 2.45) is 0 Å². The van der Waals surface area contributed by atoms with E-state index in [0.29, 0.717) is 11.2 Å². The second-order valence-electron chi connectivity index (χ2n) is 5.74. The van der Waals surface area contributed by atoms with Crippen molar-refractivity contribution >= 4 is 32.5 Å². The van der Waals surface area contributed by atoms with E-state index in [1.54, 1.807) is 25.1 Å². The SMILES string of the molecule is CNC(=O)c1c[nH]c2ccc(S(=O)(=O)Nc3ccccc3C)cc2c1=O. The minimum Gasteiger partial charge on any atom is -0.360 e. The quantitative estimate of drug-likeness (QED) is 0.652. The molecule has 0 atom stereocenters. The van der Waals surface area contributed by atoms with Crippen molar-refractivity contribution in [1.82, 2.24) is 10.3 Å². The molecule has 0 aliphatic heterocycles. The van der Waals surface area contributed by atoms with Crippen LogP contribution in [-0.4, -0.2) is 26.4 Å². The molecule has 0 unspecified atom stereocenters. The normalized spacial score (nSPS) is 11.3. The summed E-state index contributed by atoms with van der Waals surface area (Å²) < 4.78 is 27.9. The topological polar surface area (TPSA) is 108 Å². The van der Waals surface area contributed by atoms with Crippen LogP contribution in [0.4, 0.5) is 5.69 Å². The second-order valence-corrected chi connectivity index (χ2v) is 7.42. The summed E-state index contributed by atoms with van der Waals surface area (Å²) in [5.74, 6) is -0.542. The molecular weight excluding hydrogens is 354 g/mol. The summed E-state index contributed by atoms with van der Waals surface area (Å²) in [5, 5.41) is 2.50. The van der Waals surface area contributed by atoms with E-state index in [-0.39, 0.29) is 15.8 Å². The smallest absolute Gasteiger partial charge is 0.261 e. The molecule has 1 aromatic heterocycles. The maximum Gasteiger partial charge on any atom is 0.261 e. The van der Waals surface area contributed by atoms with Gasteiger partial charge in [-0.05, 0) is 36.8 Å². The minimum absolute atomic E-state index is 0.0622. The number of pyridine rings is 1. The third-order valence-corrected chi connectivity index (χ3v) is 5.39. The number of anilines is 1. The number of nitrogens with one attached hydrogen (secondary N) is 3. The van der Waals surface area contributed by atoms with Crippen molar-refractivity contribution in [3.05, 3.63) is 70.0 Å². The maximum absolute atomic E-state index is 12.7. The number of hydrogen-bond donors (Lipinski definition) is 3. The van der Waals surface area contributed by atoms with Gasteiger partial charge in [-0.2, -0.15) is 0 Å². The molecule has 0 fully saturated rings. The number of aryl methyl sites for hydroxylation is 1. The number of sulfonamides is 1. The monoisotopic (exact) mass is 371 g/mol. The second kappa shape index (κ2) is 6.64. The van der Waals surface area contributed by atoms with Crippen molar-refractivity contribution < 1.29 is 13.2 Å². The Bertz CT molecular complexity index is 1170. The number of fused-ring (bicyclic) bond motifs is 1. The fourth-order valence-corrected chi connectivity index (χ4v) is 3.72. The lowest BCUT2D eigenvalue weighted by Crippen LogP contribution is -2.25. The van der Waals surface area contributed by atoms with Gasteiger partial charge >= 0.3 is 0 Å². The number of rotatable bonds is 4. The molecule has 0 radical (unpaired) electrons. The van der Waals surface area contributed by atoms with Crippen LogP contribution < -0.4 is 15.5 Å². The zero-order chi connectivity index (χ0) is 18.9. The van der Waals surface area contributed by atoms with E-state index in [9.17, 15) is 18.0 Å². The third kappa shape index (κ3) is 3.18. The van der Waals surface area contributed by atoms with E-state index >= 15 is 0 Å². The molecule has 2 aromatic carbocycles. The Morgan fingerprint density at radius 3 is 2.54 bits per heavy atom. The summed E-state index contributed by atoms with van der Waals surface area (Å²) in [5.41, 5.74) is 1.06. The lowest BCUT2D eigenvalue weighted by atomic mass is 10.1. The number of carbonyl (C=O) groups is 1. The number of carbonyl (C=O) groups excluding carboxylic acids is 1. The highest BCUT2D eigenvalue weighted by molar-refractivity contribution is 7.92. The first-order valence-corrected chi connectivity index (χ1v) is 9.28. The van der Waals surface area contributed by atoms with Crippen LogP contribution in [0.5, 0.6) is 0 Å². The van der Waals surface area contributed by atoms with Crippen molar-refractivity contribution in [3.8, 4) is 0 Å². The molecule has 134 valence electrons. The molecule has 0 spiro atoms. The number of benzene rings is 2. The van der Waals surface area contributed by atoms with Gasteiger partial charge in [-0.3, -0.25) is 14.3 Å². The average molecular weight is 371 g/mol. The Balaban J connectivity index is 2.10. The van der Waals surface area contributed by atoms with Gasteiger partial charge in [0.05, 0.1) is 10.6 Å². The molecular formula is C18H17N3O4S. The van der Waals surface area contributed by atoms with E-state index in [0.717, 1.165) is 5.56 Å². The summed E-state index contributed by atoms with van der Waals surface area (Å²) >= 11 is 0. The molecule has 0 saturated carbocycles. The van der Waals surface area contributed by atoms with Gasteiger partial charge in [0, 0.05) is 24.1 Å². The van der Waals surface area contributed by atoms with E-state index in [4.69, 9.17) is 0 Å². The van der Waals surface area contributed by atoms with Gasteiger partial charge in [-0.15, -0.1) is 0 Å². The first-order valence-electron chi connectivity index (χ1n) is 7.79. The van der Waals surface area contributed by atoms with Crippen molar-refractivity contribution in [3.63, 3.8) is 0 Å². The van der Waals surface area contributed by atoms with E-state index in [1.807, 2.05) is 6.07 Å². The molecule has 0 saturated heterocycles. The largest absolute Gasteiger partial charge is 0.360 e. The highest BCUT2D eigenvalue weighted by Gasteiger charge is 2.18. The Hall–Kier alpha value is -3.13. The molecule has 8 heteroatoms. The first kappa shape index (κ1) is 17.7. The summed E-state index contributed by atoms with van der Waals surface area (Å²) in [7, 11) is -2.47. The third-order valence-electron chi connectivity index (χ3n) is 4.02. The highest BCUT2D eigenvalue weighted by Crippen LogP contribution is 2.21. The van der Waals surface area contributed by atoms with Crippen LogP contribution in [0.25, 0.3) is 10.9 Å². The predicted octanol–water partition coefficient (Wildman–Crippen LogP) is 2.00. The van der Waals surface area contributed by atoms with Crippen LogP contribution >= 0.6 is 0 Å². The minimum atomic E-state index is -3.89. The molecule has 1 amide bonds. The molecule has 3 aromatic rings. The number of aromatic nitrogens is 1. The van der Waals surface area contributed by atoms with E-state index in [1.165, 1.54) is 31.4 Å². The summed E-state index contributed by atoms with van der Waals surface area (Å²) in [6, 6.07) is 11.1. The molecule has 3 rings (SSSR count). The summed E-state index contributed by atoms with van der Waals surface area (Å²) in [6.07, 6.45) is 1.31. The average Bonchev–Trinajstić information content (AvgIpc) is 2.63. The van der Waals surface area contributed by atoms with Crippen molar-refractivity contribution in [2.45, 2.75) is 11.8 Å². The number of aromatic amines is 1. The van der Waals surface area contributed by atoms with Gasteiger partial charge in [0.15, 0.2) is 0 Å². The molecule has 0 aliphatic carbocycles. The Labute approximate surface area is 150 Å². The lowest BCUT2D eigenvalue weighted by molar-refractivity contribution is 0.0962.